The minimum absolute atomic E-state index is 0.0906. The largest absolute Gasteiger partial charge is 0.383 e. The van der Waals surface area contributed by atoms with Crippen LogP contribution in [0.25, 0.3) is 0 Å². The summed E-state index contributed by atoms with van der Waals surface area (Å²) < 4.78 is 10.6. The number of carbonyl (C=O) groups excluding carboxylic acids is 1. The van der Waals surface area contributed by atoms with Crippen molar-refractivity contribution in [2.45, 2.75) is 13.0 Å². The van der Waals surface area contributed by atoms with Crippen molar-refractivity contribution in [3.05, 3.63) is 47.7 Å². The average molecular weight is 357 g/mol. The molecule has 26 heavy (non-hydrogen) atoms. The third-order valence-corrected chi connectivity index (χ3v) is 4.13. The highest BCUT2D eigenvalue weighted by Gasteiger charge is 2.31. The van der Waals surface area contributed by atoms with Crippen LogP contribution in [0.2, 0.25) is 0 Å². The van der Waals surface area contributed by atoms with Gasteiger partial charge in [0.1, 0.15) is 11.9 Å². The minimum atomic E-state index is -0.332. The molecule has 0 spiro atoms. The lowest BCUT2D eigenvalue weighted by Crippen LogP contribution is -2.44. The second kappa shape index (κ2) is 8.68. The lowest BCUT2D eigenvalue weighted by molar-refractivity contribution is -0.00521. The fourth-order valence-electron chi connectivity index (χ4n) is 2.73. The van der Waals surface area contributed by atoms with Gasteiger partial charge < -0.3 is 19.7 Å². The number of carbonyl (C=O) groups is 1. The van der Waals surface area contributed by atoms with Crippen LogP contribution >= 0.6 is 0 Å². The Labute approximate surface area is 152 Å². The molecule has 8 heteroatoms. The summed E-state index contributed by atoms with van der Waals surface area (Å²) in [5.74, 6) is 1.16. The number of nitrogens with zero attached hydrogens (tertiary/aromatic N) is 4. The lowest BCUT2D eigenvalue weighted by Gasteiger charge is -2.34. The number of ether oxygens (including phenoxy) is 2. The van der Waals surface area contributed by atoms with Crippen LogP contribution in [-0.4, -0.2) is 65.8 Å². The molecule has 1 saturated heterocycles. The molecular weight excluding hydrogens is 334 g/mol. The molecule has 138 valence electrons. The van der Waals surface area contributed by atoms with E-state index < -0.39 is 0 Å². The number of pyridine rings is 1. The second-order valence-electron chi connectivity index (χ2n) is 6.00. The van der Waals surface area contributed by atoms with E-state index >= 15 is 0 Å². The van der Waals surface area contributed by atoms with Crippen LogP contribution in [0.4, 0.5) is 5.82 Å². The zero-order valence-electron chi connectivity index (χ0n) is 15.0. The van der Waals surface area contributed by atoms with Gasteiger partial charge in [-0.3, -0.25) is 9.78 Å². The minimum Gasteiger partial charge on any atom is -0.383 e. The second-order valence-corrected chi connectivity index (χ2v) is 6.00. The van der Waals surface area contributed by atoms with Gasteiger partial charge in [0.05, 0.1) is 25.4 Å². The molecule has 0 aromatic carbocycles. The Bertz CT molecular complexity index is 738. The van der Waals surface area contributed by atoms with Gasteiger partial charge in [-0.2, -0.15) is 0 Å². The van der Waals surface area contributed by atoms with E-state index in [4.69, 9.17) is 9.47 Å². The van der Waals surface area contributed by atoms with Crippen LogP contribution in [0.3, 0.4) is 0 Å². The SMILES string of the molecule is COCCNc1ccnc([C@H]2COCCN2C(=O)c2ccc(C)nc2)n1. The standard InChI is InChI=1S/C18H23N5O3/c1-13-3-4-14(11-21-13)18(24)23-8-10-26-12-15(23)17-20-6-5-16(22-17)19-7-9-25-2/h3-6,11,15H,7-10,12H2,1-2H3,(H,19,20,22)/t15-/m1/s1. The average Bonchev–Trinajstić information content (AvgIpc) is 2.68. The Balaban J connectivity index is 1.79. The van der Waals surface area contributed by atoms with E-state index in [1.807, 2.05) is 13.0 Å². The van der Waals surface area contributed by atoms with E-state index in [0.717, 1.165) is 5.69 Å². The zero-order valence-corrected chi connectivity index (χ0v) is 15.0. The molecule has 1 amide bonds. The summed E-state index contributed by atoms with van der Waals surface area (Å²) in [6.45, 7) is 4.46. The van der Waals surface area contributed by atoms with Crippen LogP contribution in [0.1, 0.15) is 27.9 Å². The lowest BCUT2D eigenvalue weighted by atomic mass is 10.1. The summed E-state index contributed by atoms with van der Waals surface area (Å²) in [6, 6.07) is 5.08. The first-order valence-electron chi connectivity index (χ1n) is 8.56. The van der Waals surface area contributed by atoms with Crippen LogP contribution < -0.4 is 5.32 Å². The van der Waals surface area contributed by atoms with Crippen molar-refractivity contribution in [2.24, 2.45) is 0 Å². The zero-order chi connectivity index (χ0) is 18.4. The molecule has 0 radical (unpaired) electrons. The quantitative estimate of drug-likeness (QED) is 0.783. The van der Waals surface area contributed by atoms with Gasteiger partial charge in [0.25, 0.3) is 5.91 Å². The molecule has 1 aliphatic rings. The van der Waals surface area contributed by atoms with Gasteiger partial charge >= 0.3 is 0 Å². The molecule has 0 saturated carbocycles. The Morgan fingerprint density at radius 1 is 1.38 bits per heavy atom. The van der Waals surface area contributed by atoms with Crippen LogP contribution in [0.5, 0.6) is 0 Å². The molecule has 0 bridgehead atoms. The third-order valence-electron chi connectivity index (χ3n) is 4.13. The van der Waals surface area contributed by atoms with Crippen molar-refractivity contribution in [3.63, 3.8) is 0 Å². The van der Waals surface area contributed by atoms with Gasteiger partial charge in [-0.15, -0.1) is 0 Å². The molecule has 1 N–H and O–H groups in total. The monoisotopic (exact) mass is 357 g/mol. The summed E-state index contributed by atoms with van der Waals surface area (Å²) in [6.07, 6.45) is 3.29. The van der Waals surface area contributed by atoms with E-state index in [2.05, 4.69) is 20.3 Å². The van der Waals surface area contributed by atoms with Crippen LogP contribution in [-0.2, 0) is 9.47 Å². The Morgan fingerprint density at radius 2 is 2.27 bits per heavy atom. The van der Waals surface area contributed by atoms with E-state index in [0.29, 0.717) is 50.1 Å². The first kappa shape index (κ1) is 18.2. The predicted molar refractivity (Wildman–Crippen MR) is 96.0 cm³/mol. The van der Waals surface area contributed by atoms with E-state index in [1.165, 1.54) is 0 Å². The van der Waals surface area contributed by atoms with Crippen molar-refractivity contribution < 1.29 is 14.3 Å². The van der Waals surface area contributed by atoms with Crippen LogP contribution in [0, 0.1) is 6.92 Å². The molecule has 2 aromatic heterocycles. The molecule has 0 aliphatic carbocycles. The van der Waals surface area contributed by atoms with Crippen molar-refractivity contribution in [1.29, 1.82) is 0 Å². The first-order valence-corrected chi connectivity index (χ1v) is 8.56. The third kappa shape index (κ3) is 4.33. The Morgan fingerprint density at radius 3 is 3.04 bits per heavy atom. The first-order chi connectivity index (χ1) is 12.7. The number of anilines is 1. The van der Waals surface area contributed by atoms with Crippen molar-refractivity contribution >= 4 is 11.7 Å². The number of amides is 1. The number of hydrogen-bond donors (Lipinski definition) is 1. The number of methoxy groups -OCH3 is 1. The van der Waals surface area contributed by atoms with Gasteiger partial charge in [-0.25, -0.2) is 9.97 Å². The van der Waals surface area contributed by atoms with Crippen molar-refractivity contribution in [2.75, 3.05) is 45.3 Å². The van der Waals surface area contributed by atoms with Gasteiger partial charge in [-0.1, -0.05) is 0 Å². The van der Waals surface area contributed by atoms with Gasteiger partial charge in [0.15, 0.2) is 5.82 Å². The van der Waals surface area contributed by atoms with Gasteiger partial charge in [-0.05, 0) is 25.1 Å². The highest BCUT2D eigenvalue weighted by atomic mass is 16.5. The molecule has 3 heterocycles. The van der Waals surface area contributed by atoms with E-state index in [1.54, 1.807) is 36.5 Å². The number of aryl methyl sites for hydroxylation is 1. The molecular formula is C18H23N5O3. The number of nitrogens with one attached hydrogen (secondary N) is 1. The van der Waals surface area contributed by atoms with Crippen LogP contribution in [0.15, 0.2) is 30.6 Å². The number of hydrogen-bond acceptors (Lipinski definition) is 7. The maximum Gasteiger partial charge on any atom is 0.256 e. The van der Waals surface area contributed by atoms with Gasteiger partial charge in [0.2, 0.25) is 0 Å². The van der Waals surface area contributed by atoms with Crippen molar-refractivity contribution in [1.82, 2.24) is 19.9 Å². The number of rotatable bonds is 6. The normalized spacial score (nSPS) is 17.2. The summed E-state index contributed by atoms with van der Waals surface area (Å²) in [7, 11) is 1.65. The Kier molecular flexibility index (Phi) is 6.08. The summed E-state index contributed by atoms with van der Waals surface area (Å²) >= 11 is 0. The highest BCUT2D eigenvalue weighted by Crippen LogP contribution is 2.24. The molecule has 2 aromatic rings. The summed E-state index contributed by atoms with van der Waals surface area (Å²) in [5.41, 5.74) is 1.43. The maximum absolute atomic E-state index is 12.9. The van der Waals surface area contributed by atoms with Gasteiger partial charge in [0, 0.05) is 38.3 Å². The molecule has 1 atom stereocenters. The fraction of sp³-hybridized carbons (Fsp3) is 0.444. The van der Waals surface area contributed by atoms with E-state index in [9.17, 15) is 4.79 Å². The number of morpholine rings is 1. The van der Waals surface area contributed by atoms with Crippen molar-refractivity contribution in [3.8, 4) is 0 Å². The number of aromatic nitrogens is 3. The fourth-order valence-corrected chi connectivity index (χ4v) is 2.73. The highest BCUT2D eigenvalue weighted by molar-refractivity contribution is 5.94. The molecule has 8 nitrogen and oxygen atoms in total. The summed E-state index contributed by atoms with van der Waals surface area (Å²) in [5, 5.41) is 3.18. The Hall–Kier alpha value is -2.58. The molecule has 0 unspecified atom stereocenters. The molecule has 3 rings (SSSR count). The summed E-state index contributed by atoms with van der Waals surface area (Å²) in [4.78, 5) is 27.8. The predicted octanol–water partition coefficient (Wildman–Crippen LogP) is 1.45. The molecule has 1 fully saturated rings. The van der Waals surface area contributed by atoms with E-state index in [-0.39, 0.29) is 11.9 Å². The maximum atomic E-state index is 12.9. The molecule has 1 aliphatic heterocycles. The smallest absolute Gasteiger partial charge is 0.256 e. The topological polar surface area (TPSA) is 89.5 Å².